The minimum Gasteiger partial charge on any atom is -0.356 e. The number of benzene rings is 1. The predicted molar refractivity (Wildman–Crippen MR) is 80.8 cm³/mol. The number of anilines is 1. The third kappa shape index (κ3) is 4.03. The molecule has 0 saturated carbocycles. The molecule has 1 aromatic heterocycles. The molecule has 0 atom stereocenters. The summed E-state index contributed by atoms with van der Waals surface area (Å²) in [5.74, 6) is -0.276. The number of carbonyl (C=O) groups is 2. The summed E-state index contributed by atoms with van der Waals surface area (Å²) in [6, 6.07) is 7.70. The van der Waals surface area contributed by atoms with Gasteiger partial charge in [-0.1, -0.05) is 30.4 Å². The van der Waals surface area contributed by atoms with Gasteiger partial charge in [-0.3, -0.25) is 9.59 Å². The Morgan fingerprint density at radius 3 is 2.70 bits per heavy atom. The zero-order chi connectivity index (χ0) is 14.4. The standard InChI is InChI=1S/C14H17N3O2S/c1-2-9-15-12(18)7-8-13(19)17-14-16-10-5-3-4-6-11(10)20-14/h3-6H,2,7-9H2,1H3,(H,15,18)(H,16,17,19). The molecule has 6 heteroatoms. The highest BCUT2D eigenvalue weighted by molar-refractivity contribution is 7.22. The summed E-state index contributed by atoms with van der Waals surface area (Å²) in [6.45, 7) is 2.64. The molecule has 2 rings (SSSR count). The third-order valence-electron chi connectivity index (χ3n) is 2.69. The Bertz CT molecular complexity index is 576. The number of carbonyl (C=O) groups excluding carboxylic acids is 2. The van der Waals surface area contributed by atoms with E-state index in [1.807, 2.05) is 31.2 Å². The van der Waals surface area contributed by atoms with Crippen molar-refractivity contribution in [3.63, 3.8) is 0 Å². The van der Waals surface area contributed by atoms with Gasteiger partial charge >= 0.3 is 0 Å². The second kappa shape index (κ2) is 7.00. The highest BCUT2D eigenvalue weighted by atomic mass is 32.1. The molecule has 0 aliphatic heterocycles. The first-order valence-electron chi connectivity index (χ1n) is 6.61. The number of rotatable bonds is 6. The SMILES string of the molecule is CCCNC(=O)CCC(=O)Nc1nc2ccccc2s1. The summed E-state index contributed by atoms with van der Waals surface area (Å²) in [7, 11) is 0. The molecule has 20 heavy (non-hydrogen) atoms. The van der Waals surface area contributed by atoms with Crippen molar-refractivity contribution < 1.29 is 9.59 Å². The maximum absolute atomic E-state index is 11.7. The van der Waals surface area contributed by atoms with Crippen molar-refractivity contribution in [1.29, 1.82) is 0 Å². The molecular weight excluding hydrogens is 274 g/mol. The number of aromatic nitrogens is 1. The van der Waals surface area contributed by atoms with Crippen LogP contribution < -0.4 is 10.6 Å². The van der Waals surface area contributed by atoms with Gasteiger partial charge in [0.05, 0.1) is 10.2 Å². The Labute approximate surface area is 121 Å². The van der Waals surface area contributed by atoms with E-state index >= 15 is 0 Å². The van der Waals surface area contributed by atoms with Crippen LogP contribution in [0, 0.1) is 0 Å². The topological polar surface area (TPSA) is 71.1 Å². The quantitative estimate of drug-likeness (QED) is 0.859. The fraction of sp³-hybridized carbons (Fsp3) is 0.357. The minimum atomic E-state index is -0.185. The van der Waals surface area contributed by atoms with Crippen LogP contribution in [0.15, 0.2) is 24.3 Å². The molecule has 1 aromatic carbocycles. The average molecular weight is 291 g/mol. The first-order valence-corrected chi connectivity index (χ1v) is 7.43. The maximum atomic E-state index is 11.7. The summed E-state index contributed by atoms with van der Waals surface area (Å²) in [5.41, 5.74) is 0.869. The van der Waals surface area contributed by atoms with Gasteiger partial charge in [-0.25, -0.2) is 4.98 Å². The van der Waals surface area contributed by atoms with E-state index in [0.717, 1.165) is 16.6 Å². The van der Waals surface area contributed by atoms with Crippen LogP contribution >= 0.6 is 11.3 Å². The van der Waals surface area contributed by atoms with Gasteiger partial charge in [0.2, 0.25) is 11.8 Å². The molecule has 0 radical (unpaired) electrons. The number of nitrogens with zero attached hydrogens (tertiary/aromatic N) is 1. The largest absolute Gasteiger partial charge is 0.356 e. The van der Waals surface area contributed by atoms with Gasteiger partial charge in [-0.2, -0.15) is 0 Å². The Morgan fingerprint density at radius 1 is 1.20 bits per heavy atom. The zero-order valence-corrected chi connectivity index (χ0v) is 12.1. The van der Waals surface area contributed by atoms with Crippen LogP contribution in [0.1, 0.15) is 26.2 Å². The Morgan fingerprint density at radius 2 is 1.95 bits per heavy atom. The van der Waals surface area contributed by atoms with E-state index in [0.29, 0.717) is 11.7 Å². The molecule has 0 unspecified atom stereocenters. The van der Waals surface area contributed by atoms with Crippen molar-refractivity contribution in [2.75, 3.05) is 11.9 Å². The van der Waals surface area contributed by atoms with Crippen molar-refractivity contribution in [2.24, 2.45) is 0 Å². The van der Waals surface area contributed by atoms with E-state index < -0.39 is 0 Å². The lowest BCUT2D eigenvalue weighted by Gasteiger charge is -2.03. The van der Waals surface area contributed by atoms with Gasteiger partial charge in [0, 0.05) is 19.4 Å². The fourth-order valence-corrected chi connectivity index (χ4v) is 2.57. The van der Waals surface area contributed by atoms with E-state index in [4.69, 9.17) is 0 Å². The molecule has 0 spiro atoms. The molecule has 1 heterocycles. The molecule has 5 nitrogen and oxygen atoms in total. The number of amides is 2. The molecule has 0 fully saturated rings. The van der Waals surface area contributed by atoms with Crippen LogP contribution in [0.25, 0.3) is 10.2 Å². The number of hydrogen-bond donors (Lipinski definition) is 2. The molecule has 0 aliphatic rings. The zero-order valence-electron chi connectivity index (χ0n) is 11.3. The highest BCUT2D eigenvalue weighted by Crippen LogP contribution is 2.25. The monoisotopic (exact) mass is 291 g/mol. The average Bonchev–Trinajstić information content (AvgIpc) is 2.84. The van der Waals surface area contributed by atoms with Crippen LogP contribution in [0.2, 0.25) is 0 Å². The summed E-state index contributed by atoms with van der Waals surface area (Å²) in [4.78, 5) is 27.5. The van der Waals surface area contributed by atoms with Crippen molar-refractivity contribution in [2.45, 2.75) is 26.2 Å². The summed E-state index contributed by atoms with van der Waals surface area (Å²) in [6.07, 6.45) is 1.27. The lowest BCUT2D eigenvalue weighted by atomic mass is 10.3. The van der Waals surface area contributed by atoms with Gasteiger partial charge in [-0.05, 0) is 18.6 Å². The molecule has 2 N–H and O–H groups in total. The number of thiazole rings is 1. The molecule has 2 aromatic rings. The van der Waals surface area contributed by atoms with Crippen LogP contribution in [0.3, 0.4) is 0 Å². The van der Waals surface area contributed by atoms with E-state index in [-0.39, 0.29) is 24.7 Å². The molecule has 0 bridgehead atoms. The van der Waals surface area contributed by atoms with Gasteiger partial charge in [0.15, 0.2) is 5.13 Å². The van der Waals surface area contributed by atoms with Crippen LogP contribution in [0.4, 0.5) is 5.13 Å². The number of nitrogens with one attached hydrogen (secondary N) is 2. The lowest BCUT2D eigenvalue weighted by Crippen LogP contribution is -2.25. The van der Waals surface area contributed by atoms with Crippen LogP contribution in [-0.2, 0) is 9.59 Å². The molecule has 106 valence electrons. The van der Waals surface area contributed by atoms with Gasteiger partial charge < -0.3 is 10.6 Å². The predicted octanol–water partition coefficient (Wildman–Crippen LogP) is 2.54. The summed E-state index contributed by atoms with van der Waals surface area (Å²) in [5, 5.41) is 6.05. The van der Waals surface area contributed by atoms with Crippen molar-refractivity contribution in [1.82, 2.24) is 10.3 Å². The van der Waals surface area contributed by atoms with Crippen LogP contribution in [0.5, 0.6) is 0 Å². The minimum absolute atomic E-state index is 0.0914. The smallest absolute Gasteiger partial charge is 0.226 e. The van der Waals surface area contributed by atoms with Gasteiger partial charge in [0.25, 0.3) is 0 Å². The maximum Gasteiger partial charge on any atom is 0.226 e. The molecule has 0 saturated heterocycles. The highest BCUT2D eigenvalue weighted by Gasteiger charge is 2.09. The normalized spacial score (nSPS) is 10.4. The number of hydrogen-bond acceptors (Lipinski definition) is 4. The van der Waals surface area contributed by atoms with Crippen molar-refractivity contribution in [3.05, 3.63) is 24.3 Å². The third-order valence-corrected chi connectivity index (χ3v) is 3.64. The molecule has 0 aliphatic carbocycles. The summed E-state index contributed by atoms with van der Waals surface area (Å²) < 4.78 is 1.03. The van der Waals surface area contributed by atoms with E-state index in [1.165, 1.54) is 11.3 Å². The van der Waals surface area contributed by atoms with E-state index in [1.54, 1.807) is 0 Å². The molecular formula is C14H17N3O2S. The van der Waals surface area contributed by atoms with Gasteiger partial charge in [-0.15, -0.1) is 0 Å². The van der Waals surface area contributed by atoms with E-state index in [9.17, 15) is 9.59 Å². The summed E-state index contributed by atoms with van der Waals surface area (Å²) >= 11 is 1.43. The van der Waals surface area contributed by atoms with Crippen molar-refractivity contribution >= 4 is 38.5 Å². The second-order valence-corrected chi connectivity index (χ2v) is 5.42. The Balaban J connectivity index is 1.83. The molecule has 2 amide bonds. The van der Waals surface area contributed by atoms with Crippen molar-refractivity contribution in [3.8, 4) is 0 Å². The lowest BCUT2D eigenvalue weighted by molar-refractivity contribution is -0.124. The van der Waals surface area contributed by atoms with Crippen LogP contribution in [-0.4, -0.2) is 23.3 Å². The fourth-order valence-electron chi connectivity index (χ4n) is 1.69. The first kappa shape index (κ1) is 14.5. The van der Waals surface area contributed by atoms with Gasteiger partial charge in [0.1, 0.15) is 0 Å². The Hall–Kier alpha value is -1.95. The second-order valence-electron chi connectivity index (χ2n) is 4.38. The first-order chi connectivity index (χ1) is 9.69. The Kier molecular flexibility index (Phi) is 5.06. The number of para-hydroxylation sites is 1. The number of fused-ring (bicyclic) bond motifs is 1. The van der Waals surface area contributed by atoms with E-state index in [2.05, 4.69) is 15.6 Å².